The number of aromatic nitrogens is 2. The average Bonchev–Trinajstić information content (AvgIpc) is 3.78. The molecule has 2 aliphatic rings. The molecule has 0 N–H and O–H groups in total. The molecule has 3 heterocycles. The van der Waals surface area contributed by atoms with Crippen molar-refractivity contribution in [1.29, 1.82) is 0 Å². The summed E-state index contributed by atoms with van der Waals surface area (Å²) in [6.45, 7) is 21.9. The number of allylic oxidation sites excluding steroid dienone is 1. The largest absolute Gasteiger partial charge is 0.457 e. The van der Waals surface area contributed by atoms with Gasteiger partial charge < -0.3 is 37.7 Å². The molecule has 0 saturated carbocycles. The van der Waals surface area contributed by atoms with Gasteiger partial charge in [-0.25, -0.2) is 19.1 Å². The Kier molecular flexibility index (Phi) is 17.1. The van der Waals surface area contributed by atoms with Gasteiger partial charge in [0.1, 0.15) is 18.3 Å². The van der Waals surface area contributed by atoms with E-state index in [1.807, 2.05) is 39.0 Å². The quantitative estimate of drug-likeness (QED) is 0.0944. The van der Waals surface area contributed by atoms with Crippen LogP contribution in [0.4, 0.5) is 4.79 Å². The third-order valence-electron chi connectivity index (χ3n) is 13.2. The molecule has 0 aliphatic carbocycles. The van der Waals surface area contributed by atoms with Crippen LogP contribution in [0, 0.1) is 17.8 Å². The van der Waals surface area contributed by atoms with Crippen molar-refractivity contribution in [3.8, 4) is 0 Å². The van der Waals surface area contributed by atoms with E-state index >= 15 is 0 Å². The Morgan fingerprint density at radius 1 is 1.05 bits per heavy atom. The van der Waals surface area contributed by atoms with Crippen molar-refractivity contribution in [2.24, 2.45) is 17.8 Å². The van der Waals surface area contributed by atoms with Gasteiger partial charge in [-0.1, -0.05) is 59.7 Å². The molecule has 0 bridgehead atoms. The maximum atomic E-state index is 14.8. The number of benzene rings is 1. The van der Waals surface area contributed by atoms with Gasteiger partial charge in [0.25, 0.3) is 0 Å². The van der Waals surface area contributed by atoms with E-state index in [2.05, 4.69) is 25.8 Å². The Bertz CT molecular complexity index is 1930. The van der Waals surface area contributed by atoms with Crippen LogP contribution in [0.25, 0.3) is 0 Å². The maximum absolute atomic E-state index is 14.8. The minimum absolute atomic E-state index is 0.0436. The monoisotopic (exact) mass is 897 g/mol. The minimum atomic E-state index is -2.57. The molecule has 1 fully saturated rings. The van der Waals surface area contributed by atoms with Gasteiger partial charge in [0.15, 0.2) is 37.9 Å². The molecule has 2 aliphatic heterocycles. The molecular formula is C47H71N3O12Si. The van der Waals surface area contributed by atoms with Crippen LogP contribution in [0.15, 0.2) is 60.7 Å². The van der Waals surface area contributed by atoms with E-state index in [1.165, 1.54) is 38.8 Å². The zero-order chi connectivity index (χ0) is 47.2. The van der Waals surface area contributed by atoms with Gasteiger partial charge in [-0.3, -0.25) is 14.4 Å². The Morgan fingerprint density at radius 3 is 2.25 bits per heavy atom. The predicted octanol–water partition coefficient (Wildman–Crippen LogP) is 7.43. The van der Waals surface area contributed by atoms with Gasteiger partial charge >= 0.3 is 18.0 Å². The molecule has 15 nitrogen and oxygen atoms in total. The number of hydrogen-bond acceptors (Lipinski definition) is 14. The fraction of sp³-hybridized carbons (Fsp3) is 0.660. The van der Waals surface area contributed by atoms with Gasteiger partial charge in [-0.2, -0.15) is 0 Å². The molecule has 1 aromatic carbocycles. The molecule has 1 aromatic heterocycles. The fourth-order valence-electron chi connectivity index (χ4n) is 8.18. The van der Waals surface area contributed by atoms with Crippen molar-refractivity contribution in [3.05, 3.63) is 66.3 Å². The van der Waals surface area contributed by atoms with Crippen LogP contribution in [-0.2, 0) is 47.2 Å². The van der Waals surface area contributed by atoms with Crippen LogP contribution in [0.3, 0.4) is 0 Å². The smallest absolute Gasteiger partial charge is 0.420 e. The van der Waals surface area contributed by atoms with Crippen molar-refractivity contribution in [2.75, 3.05) is 27.8 Å². The molecule has 0 amide bonds. The molecule has 11 atom stereocenters. The topological polar surface area (TPSA) is 171 Å². The number of cyclic esters (lactones) is 1. The van der Waals surface area contributed by atoms with E-state index in [4.69, 9.17) is 32.8 Å². The first-order chi connectivity index (χ1) is 29.3. The standard InChI is InChI=1S/C47H71N3O12Si/c1-16-36-47(27-57-63(14,15)45(7,8)9,62-44(55)50-23-22-48-28-50)26-30(3)37(51)29(2)25-46(10,56-13)40(32(5)38(52)33(6)41(53)59-36)61-43-39(35(49(11)12)24-31(4)58-43)60-42(54)34-20-18-17-19-21-34/h17-23,26,28-29,31-33,35-36,39-40,43H,16,24-25,27H2,1-15H3/b30-26+/t29-,31-,32+,33-,35+,36-,39-,40-,43?,46+,47-/m1/s1. The summed E-state index contributed by atoms with van der Waals surface area (Å²) >= 11 is 0. The number of ketones is 2. The lowest BCUT2D eigenvalue weighted by Crippen LogP contribution is -2.60. The highest BCUT2D eigenvalue weighted by Gasteiger charge is 2.53. The number of rotatable bonds is 11. The van der Waals surface area contributed by atoms with E-state index in [-0.39, 0.29) is 48.0 Å². The Balaban J connectivity index is 1.86. The normalized spacial score (nSPS) is 32.6. The molecule has 2 aromatic rings. The Labute approximate surface area is 374 Å². The third kappa shape index (κ3) is 12.0. The zero-order valence-electron chi connectivity index (χ0n) is 40.0. The number of methoxy groups -OCH3 is 1. The number of hydrogen-bond donors (Lipinski definition) is 0. The molecule has 0 spiro atoms. The number of nitrogens with zero attached hydrogens (tertiary/aromatic N) is 3. The first-order valence-electron chi connectivity index (χ1n) is 21.9. The molecule has 1 saturated heterocycles. The first kappa shape index (κ1) is 51.6. The number of esters is 2. The number of Topliss-reactive ketones (excluding diaryl/α,β-unsaturated/α-hetero) is 2. The third-order valence-corrected chi connectivity index (χ3v) is 17.7. The fourth-order valence-corrected chi connectivity index (χ4v) is 9.20. The minimum Gasteiger partial charge on any atom is -0.457 e. The van der Waals surface area contributed by atoms with Crippen LogP contribution in [0.5, 0.6) is 0 Å². The first-order valence-corrected chi connectivity index (χ1v) is 24.8. The number of imidazole rings is 1. The van der Waals surface area contributed by atoms with E-state index in [1.54, 1.807) is 65.0 Å². The second kappa shape index (κ2) is 20.8. The summed E-state index contributed by atoms with van der Waals surface area (Å²) in [5.74, 6) is -5.46. The van der Waals surface area contributed by atoms with Gasteiger partial charge in [0, 0.05) is 31.3 Å². The predicted molar refractivity (Wildman–Crippen MR) is 238 cm³/mol. The van der Waals surface area contributed by atoms with Crippen molar-refractivity contribution in [2.45, 2.75) is 155 Å². The SMILES string of the molecule is CC[C@H]1OC(=O)[C@H](C)C(=O)[C@H](C)[C@@H](OC2O[C@H](C)C[C@H](N(C)C)[C@H]2OC(=O)c2ccccc2)[C@@](C)(OC)C[C@@H](C)C(=O)/C(C)=C/[C@]1(CO[Si](C)(C)C(C)(C)C)OC(=O)n1ccnc1. The number of likely N-dealkylation sites (N-methyl/N-ethyl adjacent to an activating group) is 1. The summed E-state index contributed by atoms with van der Waals surface area (Å²) in [7, 11) is 2.66. The van der Waals surface area contributed by atoms with Crippen LogP contribution in [0.2, 0.25) is 18.1 Å². The van der Waals surface area contributed by atoms with Gasteiger partial charge in [0.05, 0.1) is 36.0 Å². The molecule has 0 radical (unpaired) electrons. The Hall–Kier alpha value is -4.06. The van der Waals surface area contributed by atoms with Crippen molar-refractivity contribution in [3.63, 3.8) is 0 Å². The molecule has 350 valence electrons. The van der Waals surface area contributed by atoms with E-state index in [0.717, 1.165) is 4.57 Å². The van der Waals surface area contributed by atoms with Gasteiger partial charge in [-0.05, 0) is 103 Å². The molecule has 16 heteroatoms. The van der Waals surface area contributed by atoms with E-state index in [0.29, 0.717) is 12.0 Å². The maximum Gasteiger partial charge on any atom is 0.420 e. The number of carbonyl (C=O) groups is 5. The van der Waals surface area contributed by atoms with E-state index < -0.39 is 85.7 Å². The van der Waals surface area contributed by atoms with Crippen LogP contribution < -0.4 is 0 Å². The zero-order valence-corrected chi connectivity index (χ0v) is 41.0. The lowest BCUT2D eigenvalue weighted by atomic mass is 9.77. The van der Waals surface area contributed by atoms with Crippen LogP contribution in [-0.4, -0.2) is 128 Å². The summed E-state index contributed by atoms with van der Waals surface area (Å²) in [5, 5.41) is -0.260. The van der Waals surface area contributed by atoms with Crippen molar-refractivity contribution < 1.29 is 56.8 Å². The highest BCUT2D eigenvalue weighted by Crippen LogP contribution is 2.41. The highest BCUT2D eigenvalue weighted by molar-refractivity contribution is 6.74. The summed E-state index contributed by atoms with van der Waals surface area (Å²) in [4.78, 5) is 77.2. The Morgan fingerprint density at radius 2 is 1.70 bits per heavy atom. The van der Waals surface area contributed by atoms with Gasteiger partial charge in [-0.15, -0.1) is 0 Å². The average molecular weight is 898 g/mol. The summed E-state index contributed by atoms with van der Waals surface area (Å²) in [5.41, 5.74) is -2.62. The summed E-state index contributed by atoms with van der Waals surface area (Å²) < 4.78 is 46.2. The molecule has 1 unspecified atom stereocenters. The van der Waals surface area contributed by atoms with Crippen molar-refractivity contribution in [1.82, 2.24) is 14.5 Å². The lowest BCUT2D eigenvalue weighted by molar-refractivity contribution is -0.294. The van der Waals surface area contributed by atoms with Crippen molar-refractivity contribution >= 4 is 37.9 Å². The second-order valence-electron chi connectivity index (χ2n) is 19.3. The molecule has 4 rings (SSSR count). The summed E-state index contributed by atoms with van der Waals surface area (Å²) in [6, 6.07) is 8.25. The molecular weight excluding hydrogens is 827 g/mol. The number of ether oxygens (including phenoxy) is 6. The van der Waals surface area contributed by atoms with Crippen LogP contribution >= 0.6 is 0 Å². The number of carbonyl (C=O) groups excluding carboxylic acids is 5. The molecule has 63 heavy (non-hydrogen) atoms. The second-order valence-corrected chi connectivity index (χ2v) is 24.1. The summed E-state index contributed by atoms with van der Waals surface area (Å²) in [6.07, 6.45) is 0.672. The van der Waals surface area contributed by atoms with Crippen LogP contribution in [0.1, 0.15) is 98.9 Å². The highest BCUT2D eigenvalue weighted by atomic mass is 28.4. The lowest BCUT2D eigenvalue weighted by Gasteiger charge is -2.47. The van der Waals surface area contributed by atoms with Gasteiger partial charge in [0.2, 0.25) is 0 Å². The van der Waals surface area contributed by atoms with E-state index in [9.17, 15) is 24.0 Å².